The molecule has 0 bridgehead atoms. The maximum absolute atomic E-state index is 11.6. The van der Waals surface area contributed by atoms with E-state index in [0.717, 1.165) is 4.47 Å². The van der Waals surface area contributed by atoms with Gasteiger partial charge in [-0.25, -0.2) is 10.2 Å². The third kappa shape index (κ3) is 4.39. The van der Waals surface area contributed by atoms with E-state index in [-0.39, 0.29) is 5.75 Å². The minimum atomic E-state index is -1.36. The molecule has 10 heteroatoms. The SMILES string of the molecule is O=C(N/N=C/c1cc(Br)ccc1O)N[C@@H]1O[C@H](CO)[C@@H](O)[C@H]1O. The molecule has 9 nitrogen and oxygen atoms in total. The van der Waals surface area contributed by atoms with Gasteiger partial charge in [-0.3, -0.25) is 0 Å². The van der Waals surface area contributed by atoms with Crippen LogP contribution < -0.4 is 10.7 Å². The van der Waals surface area contributed by atoms with Gasteiger partial charge in [0.25, 0.3) is 0 Å². The molecule has 126 valence electrons. The van der Waals surface area contributed by atoms with Crippen LogP contribution in [0.1, 0.15) is 5.56 Å². The first kappa shape index (κ1) is 17.6. The summed E-state index contributed by atoms with van der Waals surface area (Å²) in [5.41, 5.74) is 2.51. The van der Waals surface area contributed by atoms with Crippen LogP contribution >= 0.6 is 15.9 Å². The largest absolute Gasteiger partial charge is 0.507 e. The number of benzene rings is 1. The van der Waals surface area contributed by atoms with Crippen LogP contribution in [-0.2, 0) is 4.74 Å². The number of hydrazone groups is 1. The highest BCUT2D eigenvalue weighted by Crippen LogP contribution is 2.20. The lowest BCUT2D eigenvalue weighted by Gasteiger charge is -2.15. The number of amides is 2. The van der Waals surface area contributed by atoms with Crippen molar-refractivity contribution in [2.24, 2.45) is 5.10 Å². The van der Waals surface area contributed by atoms with Gasteiger partial charge < -0.3 is 30.5 Å². The number of nitrogens with one attached hydrogen (secondary N) is 2. The molecule has 1 aromatic carbocycles. The van der Waals surface area contributed by atoms with E-state index in [4.69, 9.17) is 9.84 Å². The van der Waals surface area contributed by atoms with Crippen LogP contribution in [0.15, 0.2) is 27.8 Å². The summed E-state index contributed by atoms with van der Waals surface area (Å²) in [6.45, 7) is -0.488. The summed E-state index contributed by atoms with van der Waals surface area (Å²) >= 11 is 3.24. The monoisotopic (exact) mass is 389 g/mol. The molecule has 1 fully saturated rings. The molecule has 0 radical (unpaired) electrons. The Morgan fingerprint density at radius 1 is 1.39 bits per heavy atom. The summed E-state index contributed by atoms with van der Waals surface area (Å²) in [6.07, 6.45) is -3.57. The molecule has 2 amide bonds. The smallest absolute Gasteiger partial charge is 0.337 e. The zero-order chi connectivity index (χ0) is 17.0. The molecule has 4 atom stereocenters. The molecule has 2 rings (SSSR count). The number of aliphatic hydroxyl groups is 3. The number of nitrogens with zero attached hydrogens (tertiary/aromatic N) is 1. The first-order chi connectivity index (χ1) is 10.9. The first-order valence-corrected chi connectivity index (χ1v) is 7.42. The third-order valence-electron chi connectivity index (χ3n) is 3.18. The van der Waals surface area contributed by atoms with Crippen molar-refractivity contribution < 1.29 is 30.0 Å². The van der Waals surface area contributed by atoms with Crippen molar-refractivity contribution in [3.63, 3.8) is 0 Å². The Labute approximate surface area is 139 Å². The van der Waals surface area contributed by atoms with E-state index in [9.17, 15) is 20.1 Å². The fourth-order valence-electron chi connectivity index (χ4n) is 1.97. The lowest BCUT2D eigenvalue weighted by molar-refractivity contribution is -0.0284. The number of aliphatic hydroxyl groups excluding tert-OH is 3. The van der Waals surface area contributed by atoms with Crippen molar-refractivity contribution in [3.05, 3.63) is 28.2 Å². The van der Waals surface area contributed by atoms with Crippen LogP contribution in [0.4, 0.5) is 4.79 Å². The molecule has 1 aromatic rings. The number of aromatic hydroxyl groups is 1. The number of ether oxygens (including phenoxy) is 1. The van der Waals surface area contributed by atoms with Gasteiger partial charge >= 0.3 is 6.03 Å². The van der Waals surface area contributed by atoms with Crippen LogP contribution in [0.2, 0.25) is 0 Å². The Morgan fingerprint density at radius 3 is 2.78 bits per heavy atom. The summed E-state index contributed by atoms with van der Waals surface area (Å²) in [5.74, 6) is -0.0115. The average molecular weight is 390 g/mol. The highest BCUT2D eigenvalue weighted by Gasteiger charge is 2.43. The Bertz CT molecular complexity index is 599. The molecule has 0 unspecified atom stereocenters. The Hall–Kier alpha value is -1.72. The summed E-state index contributed by atoms with van der Waals surface area (Å²) in [7, 11) is 0. The van der Waals surface area contributed by atoms with E-state index in [0.29, 0.717) is 5.56 Å². The standard InChI is InChI=1S/C13H16BrN3O6/c14-7-1-2-8(19)6(3-7)4-15-17-13(22)16-12-11(21)10(20)9(5-18)23-12/h1-4,9-12,18-21H,5H2,(H2,16,17,22)/b15-4+/t9-,10-,11-,12-/m1/s1. The van der Waals surface area contributed by atoms with Crippen LogP contribution in [0.25, 0.3) is 0 Å². The lowest BCUT2D eigenvalue weighted by atomic mass is 10.1. The van der Waals surface area contributed by atoms with Crippen molar-refractivity contribution in [1.29, 1.82) is 0 Å². The van der Waals surface area contributed by atoms with Crippen molar-refractivity contribution in [2.75, 3.05) is 6.61 Å². The van der Waals surface area contributed by atoms with Crippen molar-refractivity contribution >= 4 is 28.2 Å². The van der Waals surface area contributed by atoms with Crippen LogP contribution in [0.5, 0.6) is 5.75 Å². The quantitative estimate of drug-likeness (QED) is 0.294. The predicted octanol–water partition coefficient (Wildman–Crippen LogP) is -0.773. The highest BCUT2D eigenvalue weighted by molar-refractivity contribution is 9.10. The van der Waals surface area contributed by atoms with Gasteiger partial charge in [0.2, 0.25) is 0 Å². The Kier molecular flexibility index (Phi) is 5.91. The number of phenolic OH excluding ortho intramolecular Hbond substituents is 1. The van der Waals surface area contributed by atoms with E-state index in [1.807, 2.05) is 0 Å². The number of hydrogen-bond acceptors (Lipinski definition) is 7. The molecule has 1 aliphatic heterocycles. The molecule has 0 aromatic heterocycles. The van der Waals surface area contributed by atoms with Crippen molar-refractivity contribution in [1.82, 2.24) is 10.7 Å². The Morgan fingerprint density at radius 2 is 2.13 bits per heavy atom. The van der Waals surface area contributed by atoms with Crippen molar-refractivity contribution in [2.45, 2.75) is 24.5 Å². The van der Waals surface area contributed by atoms with Gasteiger partial charge in [0.1, 0.15) is 24.1 Å². The molecule has 1 aliphatic rings. The molecule has 0 saturated carbocycles. The van der Waals surface area contributed by atoms with E-state index < -0.39 is 37.2 Å². The summed E-state index contributed by atoms with van der Waals surface area (Å²) < 4.78 is 5.81. The molecule has 0 aliphatic carbocycles. The van der Waals surface area contributed by atoms with Gasteiger partial charge in [0.05, 0.1) is 12.8 Å². The Balaban J connectivity index is 1.88. The molecular weight excluding hydrogens is 374 g/mol. The van der Waals surface area contributed by atoms with Crippen LogP contribution in [0.3, 0.4) is 0 Å². The summed E-state index contributed by atoms with van der Waals surface area (Å²) in [6, 6.07) is 3.93. The van der Waals surface area contributed by atoms with Crippen LogP contribution in [-0.4, -0.2) is 63.8 Å². The number of carbonyl (C=O) groups is 1. The number of phenols is 1. The zero-order valence-corrected chi connectivity index (χ0v) is 13.3. The number of rotatable bonds is 4. The normalized spacial score (nSPS) is 27.3. The minimum Gasteiger partial charge on any atom is -0.507 e. The minimum absolute atomic E-state index is 0.0115. The second-order valence-electron chi connectivity index (χ2n) is 4.81. The molecule has 1 saturated heterocycles. The predicted molar refractivity (Wildman–Crippen MR) is 82.8 cm³/mol. The maximum Gasteiger partial charge on any atom is 0.337 e. The number of hydrogen-bond donors (Lipinski definition) is 6. The average Bonchev–Trinajstić information content (AvgIpc) is 2.78. The van der Waals surface area contributed by atoms with E-state index in [2.05, 4.69) is 31.8 Å². The number of carbonyl (C=O) groups excluding carboxylic acids is 1. The fraction of sp³-hybridized carbons (Fsp3) is 0.385. The van der Waals surface area contributed by atoms with Gasteiger partial charge in [-0.05, 0) is 18.2 Å². The third-order valence-corrected chi connectivity index (χ3v) is 3.67. The van der Waals surface area contributed by atoms with Gasteiger partial charge in [-0.15, -0.1) is 0 Å². The summed E-state index contributed by atoms with van der Waals surface area (Å²) in [5, 5.41) is 43.7. The second kappa shape index (κ2) is 7.70. The topological polar surface area (TPSA) is 144 Å². The molecule has 23 heavy (non-hydrogen) atoms. The van der Waals surface area contributed by atoms with Crippen molar-refractivity contribution in [3.8, 4) is 5.75 Å². The van der Waals surface area contributed by atoms with E-state index in [1.165, 1.54) is 12.3 Å². The van der Waals surface area contributed by atoms with Gasteiger partial charge in [-0.1, -0.05) is 15.9 Å². The maximum atomic E-state index is 11.6. The number of urea groups is 1. The lowest BCUT2D eigenvalue weighted by Crippen LogP contribution is -2.46. The molecular formula is C13H16BrN3O6. The van der Waals surface area contributed by atoms with Gasteiger partial charge in [-0.2, -0.15) is 5.10 Å². The zero-order valence-electron chi connectivity index (χ0n) is 11.8. The van der Waals surface area contributed by atoms with Crippen LogP contribution in [0, 0.1) is 0 Å². The van der Waals surface area contributed by atoms with E-state index in [1.54, 1.807) is 12.1 Å². The summed E-state index contributed by atoms with van der Waals surface area (Å²) in [4.78, 5) is 11.6. The van der Waals surface area contributed by atoms with Gasteiger partial charge in [0.15, 0.2) is 6.23 Å². The fourth-order valence-corrected chi connectivity index (χ4v) is 2.35. The van der Waals surface area contributed by atoms with Gasteiger partial charge in [0, 0.05) is 10.0 Å². The molecule has 0 spiro atoms. The second-order valence-corrected chi connectivity index (χ2v) is 5.72. The molecule has 6 N–H and O–H groups in total. The van der Waals surface area contributed by atoms with E-state index >= 15 is 0 Å². The first-order valence-electron chi connectivity index (χ1n) is 6.63. The highest BCUT2D eigenvalue weighted by atomic mass is 79.9. The number of halogens is 1. The molecule has 1 heterocycles.